The molecule has 0 bridgehead atoms. The van der Waals surface area contributed by atoms with E-state index < -0.39 is 0 Å². The highest BCUT2D eigenvalue weighted by atomic mass is 32.2. The smallest absolute Gasteiger partial charge is 0.239 e. The van der Waals surface area contributed by atoms with E-state index in [1.165, 1.54) is 28.7 Å². The molecule has 2 aromatic heterocycles. The highest BCUT2D eigenvalue weighted by molar-refractivity contribution is 8.02. The van der Waals surface area contributed by atoms with Crippen LogP contribution in [0, 0.1) is 6.92 Å². The maximum absolute atomic E-state index is 12.4. The average Bonchev–Trinajstić information content (AvgIpc) is 3.24. The van der Waals surface area contributed by atoms with Crippen molar-refractivity contribution >= 4 is 45.5 Å². The summed E-state index contributed by atoms with van der Waals surface area (Å²) in [6.07, 6.45) is 1.02. The third-order valence-electron chi connectivity index (χ3n) is 3.64. The number of aromatic nitrogens is 2. The summed E-state index contributed by atoms with van der Waals surface area (Å²) in [5.41, 5.74) is 4.24. The SMILES string of the molecule is CCc1ccc(-c2csc(NC(=O)[C@H](C)Sc3nc(C)cs3)n2)cc1. The zero-order valence-electron chi connectivity index (χ0n) is 14.3. The number of nitrogens with one attached hydrogen (secondary N) is 1. The second-order valence-corrected chi connectivity index (χ2v) is 8.90. The van der Waals surface area contributed by atoms with Gasteiger partial charge in [0.1, 0.15) is 0 Å². The molecule has 0 radical (unpaired) electrons. The van der Waals surface area contributed by atoms with Crippen molar-refractivity contribution in [2.75, 3.05) is 5.32 Å². The molecule has 1 aromatic carbocycles. The summed E-state index contributed by atoms with van der Waals surface area (Å²) >= 11 is 4.48. The van der Waals surface area contributed by atoms with Crippen molar-refractivity contribution in [2.24, 2.45) is 0 Å². The van der Waals surface area contributed by atoms with E-state index in [1.807, 2.05) is 24.6 Å². The number of anilines is 1. The molecule has 0 fully saturated rings. The van der Waals surface area contributed by atoms with Gasteiger partial charge in [0.25, 0.3) is 0 Å². The number of amides is 1. The molecular weight excluding hydrogens is 370 g/mol. The lowest BCUT2D eigenvalue weighted by atomic mass is 10.1. The Labute approximate surface area is 159 Å². The standard InChI is InChI=1S/C18H19N3OS3/c1-4-13-5-7-14(8-6-13)15-10-23-17(20-15)21-16(22)12(3)25-18-19-11(2)9-24-18/h5-10,12H,4H2,1-3H3,(H,20,21,22)/t12-/m0/s1. The largest absolute Gasteiger partial charge is 0.301 e. The topological polar surface area (TPSA) is 54.9 Å². The molecule has 0 spiro atoms. The first-order valence-electron chi connectivity index (χ1n) is 7.99. The summed E-state index contributed by atoms with van der Waals surface area (Å²) in [6.45, 7) is 5.97. The van der Waals surface area contributed by atoms with Crippen molar-refractivity contribution in [2.45, 2.75) is 36.8 Å². The Bertz CT molecular complexity index is 855. The molecule has 0 aliphatic rings. The summed E-state index contributed by atoms with van der Waals surface area (Å²) in [5.74, 6) is -0.0555. The van der Waals surface area contributed by atoms with Crippen molar-refractivity contribution in [3.05, 3.63) is 46.3 Å². The minimum atomic E-state index is -0.221. The fourth-order valence-corrected chi connectivity index (χ4v) is 4.88. The summed E-state index contributed by atoms with van der Waals surface area (Å²) in [7, 11) is 0. The van der Waals surface area contributed by atoms with Gasteiger partial charge in [0.15, 0.2) is 9.47 Å². The third kappa shape index (κ3) is 4.68. The number of thioether (sulfide) groups is 1. The van der Waals surface area contributed by atoms with Crippen LogP contribution in [0.25, 0.3) is 11.3 Å². The van der Waals surface area contributed by atoms with Crippen molar-refractivity contribution in [3.63, 3.8) is 0 Å². The van der Waals surface area contributed by atoms with E-state index in [2.05, 4.69) is 46.5 Å². The van der Waals surface area contributed by atoms with Gasteiger partial charge in [-0.25, -0.2) is 9.97 Å². The van der Waals surface area contributed by atoms with Gasteiger partial charge in [-0.3, -0.25) is 4.79 Å². The summed E-state index contributed by atoms with van der Waals surface area (Å²) < 4.78 is 0.913. The van der Waals surface area contributed by atoms with Crippen LogP contribution in [0.15, 0.2) is 39.4 Å². The van der Waals surface area contributed by atoms with Crippen LogP contribution in [0.5, 0.6) is 0 Å². The second kappa shape index (κ2) is 8.12. The number of thiazole rings is 2. The van der Waals surface area contributed by atoms with Gasteiger partial charge in [0.2, 0.25) is 5.91 Å². The summed E-state index contributed by atoms with van der Waals surface area (Å²) in [6, 6.07) is 8.37. The maximum atomic E-state index is 12.4. The quantitative estimate of drug-likeness (QED) is 0.585. The Hall–Kier alpha value is -1.70. The molecule has 0 aliphatic heterocycles. The van der Waals surface area contributed by atoms with Gasteiger partial charge in [-0.2, -0.15) is 0 Å². The molecule has 2 heterocycles. The number of hydrogen-bond acceptors (Lipinski definition) is 6. The lowest BCUT2D eigenvalue weighted by Crippen LogP contribution is -2.22. The zero-order valence-corrected chi connectivity index (χ0v) is 16.7. The van der Waals surface area contributed by atoms with Crippen LogP contribution < -0.4 is 5.32 Å². The number of carbonyl (C=O) groups is 1. The predicted octanol–water partition coefficient (Wildman–Crippen LogP) is 5.26. The first-order chi connectivity index (χ1) is 12.0. The van der Waals surface area contributed by atoms with E-state index in [0.29, 0.717) is 5.13 Å². The van der Waals surface area contributed by atoms with E-state index in [-0.39, 0.29) is 11.2 Å². The highest BCUT2D eigenvalue weighted by Crippen LogP contribution is 2.29. The van der Waals surface area contributed by atoms with Gasteiger partial charge in [-0.1, -0.05) is 43.0 Å². The van der Waals surface area contributed by atoms with Crippen LogP contribution in [-0.4, -0.2) is 21.1 Å². The molecular formula is C18H19N3OS3. The Morgan fingerprint density at radius 3 is 2.60 bits per heavy atom. The molecule has 4 nitrogen and oxygen atoms in total. The number of benzene rings is 1. The first-order valence-corrected chi connectivity index (χ1v) is 10.6. The first kappa shape index (κ1) is 18.1. The van der Waals surface area contributed by atoms with E-state index in [0.717, 1.165) is 27.7 Å². The molecule has 1 amide bonds. The molecule has 1 atom stereocenters. The minimum Gasteiger partial charge on any atom is -0.301 e. The Balaban J connectivity index is 1.62. The van der Waals surface area contributed by atoms with Crippen LogP contribution >= 0.6 is 34.4 Å². The molecule has 3 rings (SSSR count). The highest BCUT2D eigenvalue weighted by Gasteiger charge is 2.17. The molecule has 7 heteroatoms. The molecule has 0 saturated carbocycles. The lowest BCUT2D eigenvalue weighted by Gasteiger charge is -2.08. The Morgan fingerprint density at radius 1 is 1.20 bits per heavy atom. The van der Waals surface area contributed by atoms with Gasteiger partial charge in [0.05, 0.1) is 10.9 Å². The number of aryl methyl sites for hydroxylation is 2. The number of hydrogen-bond donors (Lipinski definition) is 1. The molecule has 0 saturated heterocycles. The van der Waals surface area contributed by atoms with Crippen molar-refractivity contribution in [1.82, 2.24) is 9.97 Å². The van der Waals surface area contributed by atoms with Crippen LogP contribution in [0.3, 0.4) is 0 Å². The predicted molar refractivity (Wildman–Crippen MR) is 108 cm³/mol. The van der Waals surface area contributed by atoms with Crippen LogP contribution in [-0.2, 0) is 11.2 Å². The van der Waals surface area contributed by atoms with Gasteiger partial charge in [0, 0.05) is 22.0 Å². The molecule has 25 heavy (non-hydrogen) atoms. The van der Waals surface area contributed by atoms with Gasteiger partial charge in [-0.15, -0.1) is 22.7 Å². The van der Waals surface area contributed by atoms with Gasteiger partial charge < -0.3 is 5.32 Å². The van der Waals surface area contributed by atoms with Crippen molar-refractivity contribution in [1.29, 1.82) is 0 Å². The third-order valence-corrected chi connectivity index (χ3v) is 6.58. The molecule has 130 valence electrons. The summed E-state index contributed by atoms with van der Waals surface area (Å²) in [5, 5.41) is 7.27. The van der Waals surface area contributed by atoms with Crippen molar-refractivity contribution < 1.29 is 4.79 Å². The van der Waals surface area contributed by atoms with Crippen LogP contribution in [0.2, 0.25) is 0 Å². The number of nitrogens with zero attached hydrogens (tertiary/aromatic N) is 2. The Morgan fingerprint density at radius 2 is 1.96 bits per heavy atom. The van der Waals surface area contributed by atoms with Crippen LogP contribution in [0.1, 0.15) is 25.1 Å². The lowest BCUT2D eigenvalue weighted by molar-refractivity contribution is -0.115. The van der Waals surface area contributed by atoms with Crippen molar-refractivity contribution in [3.8, 4) is 11.3 Å². The Kier molecular flexibility index (Phi) is 5.88. The zero-order chi connectivity index (χ0) is 17.8. The number of carbonyl (C=O) groups excluding carboxylic acids is 1. The minimum absolute atomic E-state index is 0.0555. The number of rotatable bonds is 6. The monoisotopic (exact) mass is 389 g/mol. The fourth-order valence-electron chi connectivity index (χ4n) is 2.17. The van der Waals surface area contributed by atoms with E-state index in [9.17, 15) is 4.79 Å². The summed E-state index contributed by atoms with van der Waals surface area (Å²) in [4.78, 5) is 21.3. The van der Waals surface area contributed by atoms with Gasteiger partial charge >= 0.3 is 0 Å². The average molecular weight is 390 g/mol. The molecule has 1 N–H and O–H groups in total. The van der Waals surface area contributed by atoms with Gasteiger partial charge in [-0.05, 0) is 25.8 Å². The maximum Gasteiger partial charge on any atom is 0.239 e. The van der Waals surface area contributed by atoms with E-state index >= 15 is 0 Å². The van der Waals surface area contributed by atoms with E-state index in [4.69, 9.17) is 0 Å². The molecule has 0 unspecified atom stereocenters. The van der Waals surface area contributed by atoms with E-state index in [1.54, 1.807) is 11.3 Å². The molecule has 3 aromatic rings. The second-order valence-electron chi connectivity index (χ2n) is 5.59. The normalized spacial score (nSPS) is 12.1. The fraction of sp³-hybridized carbons (Fsp3) is 0.278. The molecule has 0 aliphatic carbocycles. The van der Waals surface area contributed by atoms with Crippen LogP contribution in [0.4, 0.5) is 5.13 Å².